The molecular formula is C19H24BrN. The van der Waals surface area contributed by atoms with Crippen LogP contribution in [0.5, 0.6) is 0 Å². The first-order valence-electron chi connectivity index (χ1n) is 7.76. The van der Waals surface area contributed by atoms with E-state index in [0.717, 1.165) is 6.54 Å². The molecule has 21 heavy (non-hydrogen) atoms. The first-order valence-corrected chi connectivity index (χ1v) is 8.55. The number of nitrogens with one attached hydrogen (secondary N) is 1. The van der Waals surface area contributed by atoms with E-state index in [9.17, 15) is 0 Å². The van der Waals surface area contributed by atoms with Crippen molar-refractivity contribution < 1.29 is 0 Å². The Morgan fingerprint density at radius 1 is 1.05 bits per heavy atom. The number of aryl methyl sites for hydroxylation is 1. The molecule has 0 bridgehead atoms. The molecule has 0 amide bonds. The molecule has 0 heterocycles. The molecule has 112 valence electrons. The first kappa shape index (κ1) is 16.3. The molecule has 2 aromatic carbocycles. The molecule has 0 spiro atoms. The Hall–Kier alpha value is -1.12. The summed E-state index contributed by atoms with van der Waals surface area (Å²) in [5.74, 6) is 0. The molecule has 0 aromatic heterocycles. The maximum atomic E-state index is 3.60. The zero-order valence-electron chi connectivity index (χ0n) is 12.9. The summed E-state index contributed by atoms with van der Waals surface area (Å²) in [6, 6.07) is 17.8. The van der Waals surface area contributed by atoms with Crippen molar-refractivity contribution in [2.45, 2.75) is 45.7 Å². The van der Waals surface area contributed by atoms with Crippen LogP contribution in [-0.4, -0.2) is 0 Å². The minimum Gasteiger partial charge on any atom is -0.306 e. The molecule has 0 radical (unpaired) electrons. The van der Waals surface area contributed by atoms with Gasteiger partial charge < -0.3 is 5.32 Å². The molecule has 0 aliphatic heterocycles. The van der Waals surface area contributed by atoms with Crippen LogP contribution in [0.15, 0.2) is 53.0 Å². The van der Waals surface area contributed by atoms with Crippen molar-refractivity contribution in [1.29, 1.82) is 0 Å². The lowest BCUT2D eigenvalue weighted by Crippen LogP contribution is -2.18. The second-order valence-corrected chi connectivity index (χ2v) is 6.39. The van der Waals surface area contributed by atoms with E-state index in [0.29, 0.717) is 6.04 Å². The summed E-state index contributed by atoms with van der Waals surface area (Å²) >= 11 is 3.60. The highest BCUT2D eigenvalue weighted by Crippen LogP contribution is 2.19. The largest absolute Gasteiger partial charge is 0.306 e. The summed E-state index contributed by atoms with van der Waals surface area (Å²) in [4.78, 5) is 0. The molecule has 0 saturated carbocycles. The van der Waals surface area contributed by atoms with Crippen molar-refractivity contribution in [3.05, 3.63) is 69.7 Å². The van der Waals surface area contributed by atoms with Gasteiger partial charge in [-0.3, -0.25) is 0 Å². The summed E-state index contributed by atoms with van der Waals surface area (Å²) in [5, 5.41) is 3.59. The van der Waals surface area contributed by atoms with E-state index in [1.54, 1.807) is 0 Å². The average molecular weight is 346 g/mol. The number of unbranched alkanes of at least 4 members (excludes halogenated alkanes) is 1. The number of rotatable bonds is 7. The fourth-order valence-corrected chi connectivity index (χ4v) is 2.80. The quantitative estimate of drug-likeness (QED) is 0.684. The molecule has 2 heteroatoms. The van der Waals surface area contributed by atoms with Crippen LogP contribution in [0.2, 0.25) is 0 Å². The number of hydrogen-bond donors (Lipinski definition) is 1. The number of halogens is 1. The summed E-state index contributed by atoms with van der Waals surface area (Å²) in [6.07, 6.45) is 3.72. The van der Waals surface area contributed by atoms with Gasteiger partial charge in [-0.2, -0.15) is 0 Å². The topological polar surface area (TPSA) is 12.0 Å². The molecule has 1 atom stereocenters. The summed E-state index contributed by atoms with van der Waals surface area (Å²) in [5.41, 5.74) is 4.09. The molecule has 2 aromatic rings. The van der Waals surface area contributed by atoms with Crippen LogP contribution in [0, 0.1) is 0 Å². The second-order valence-electron chi connectivity index (χ2n) is 5.54. The maximum Gasteiger partial charge on any atom is 0.0294 e. The van der Waals surface area contributed by atoms with Crippen molar-refractivity contribution in [3.63, 3.8) is 0 Å². The second kappa shape index (κ2) is 8.35. The molecule has 1 N–H and O–H groups in total. The molecule has 2 rings (SSSR count). The first-order chi connectivity index (χ1) is 10.2. The fraction of sp³-hybridized carbons (Fsp3) is 0.368. The van der Waals surface area contributed by atoms with E-state index >= 15 is 0 Å². The van der Waals surface area contributed by atoms with E-state index < -0.39 is 0 Å². The van der Waals surface area contributed by atoms with E-state index in [1.807, 2.05) is 6.07 Å². The van der Waals surface area contributed by atoms with Gasteiger partial charge in [0.25, 0.3) is 0 Å². The lowest BCUT2D eigenvalue weighted by molar-refractivity contribution is 0.573. The third-order valence-electron chi connectivity index (χ3n) is 3.86. The van der Waals surface area contributed by atoms with Gasteiger partial charge in [0.2, 0.25) is 0 Å². The van der Waals surface area contributed by atoms with Gasteiger partial charge in [0.05, 0.1) is 0 Å². The molecule has 1 nitrogen and oxygen atoms in total. The van der Waals surface area contributed by atoms with Crippen LogP contribution in [0.3, 0.4) is 0 Å². The maximum absolute atomic E-state index is 3.60. The van der Waals surface area contributed by atoms with E-state index in [2.05, 4.69) is 77.6 Å². The highest BCUT2D eigenvalue weighted by atomic mass is 79.9. The predicted molar refractivity (Wildman–Crippen MR) is 94.5 cm³/mol. The Morgan fingerprint density at radius 2 is 1.76 bits per heavy atom. The van der Waals surface area contributed by atoms with Gasteiger partial charge in [-0.1, -0.05) is 71.7 Å². The van der Waals surface area contributed by atoms with E-state index in [-0.39, 0.29) is 0 Å². The lowest BCUT2D eigenvalue weighted by atomic mass is 10.0. The van der Waals surface area contributed by atoms with Gasteiger partial charge >= 0.3 is 0 Å². The van der Waals surface area contributed by atoms with Crippen molar-refractivity contribution >= 4 is 15.9 Å². The Labute approximate surface area is 136 Å². The highest BCUT2D eigenvalue weighted by molar-refractivity contribution is 9.10. The Kier molecular flexibility index (Phi) is 6.47. The number of benzene rings is 2. The average Bonchev–Trinajstić information content (AvgIpc) is 2.52. The molecule has 0 aliphatic carbocycles. The zero-order valence-corrected chi connectivity index (χ0v) is 14.5. The monoisotopic (exact) mass is 345 g/mol. The van der Waals surface area contributed by atoms with Crippen molar-refractivity contribution in [2.75, 3.05) is 0 Å². The molecule has 0 fully saturated rings. The predicted octanol–water partition coefficient (Wildman–Crippen LogP) is 5.64. The smallest absolute Gasteiger partial charge is 0.0294 e. The lowest BCUT2D eigenvalue weighted by Gasteiger charge is -2.15. The third kappa shape index (κ3) is 4.98. The minimum atomic E-state index is 0.359. The van der Waals surface area contributed by atoms with Gasteiger partial charge in [-0.05, 0) is 42.5 Å². The minimum absolute atomic E-state index is 0.359. The van der Waals surface area contributed by atoms with Crippen LogP contribution in [-0.2, 0) is 13.0 Å². The molecule has 0 aliphatic rings. The van der Waals surface area contributed by atoms with Crippen LogP contribution in [0.1, 0.15) is 49.4 Å². The Morgan fingerprint density at radius 3 is 2.43 bits per heavy atom. The van der Waals surface area contributed by atoms with Crippen molar-refractivity contribution in [1.82, 2.24) is 5.32 Å². The van der Waals surface area contributed by atoms with Crippen LogP contribution >= 0.6 is 15.9 Å². The van der Waals surface area contributed by atoms with Gasteiger partial charge in [-0.15, -0.1) is 0 Å². The third-order valence-corrected chi connectivity index (χ3v) is 4.63. The van der Waals surface area contributed by atoms with E-state index in [4.69, 9.17) is 0 Å². The Bertz CT molecular complexity index is 548. The SMILES string of the molecule is CCCCc1ccc(C(C)NCc2ccccc2Br)cc1. The molecule has 0 saturated heterocycles. The summed E-state index contributed by atoms with van der Waals surface area (Å²) in [6.45, 7) is 5.33. The van der Waals surface area contributed by atoms with E-state index in [1.165, 1.54) is 40.4 Å². The van der Waals surface area contributed by atoms with Crippen LogP contribution < -0.4 is 5.32 Å². The normalized spacial score (nSPS) is 12.3. The zero-order chi connectivity index (χ0) is 15.1. The van der Waals surface area contributed by atoms with Crippen molar-refractivity contribution in [2.24, 2.45) is 0 Å². The highest BCUT2D eigenvalue weighted by Gasteiger charge is 2.06. The summed E-state index contributed by atoms with van der Waals surface area (Å²) in [7, 11) is 0. The molecular weight excluding hydrogens is 322 g/mol. The molecule has 1 unspecified atom stereocenters. The summed E-state index contributed by atoms with van der Waals surface area (Å²) < 4.78 is 1.17. The van der Waals surface area contributed by atoms with Gasteiger partial charge in [0.15, 0.2) is 0 Å². The van der Waals surface area contributed by atoms with Crippen LogP contribution in [0.4, 0.5) is 0 Å². The van der Waals surface area contributed by atoms with Gasteiger partial charge in [-0.25, -0.2) is 0 Å². The van der Waals surface area contributed by atoms with Crippen LogP contribution in [0.25, 0.3) is 0 Å². The standard InChI is InChI=1S/C19H24BrN/c1-3-4-7-16-10-12-17(13-11-16)15(2)21-14-18-8-5-6-9-19(18)20/h5-6,8-13,15,21H,3-4,7,14H2,1-2H3. The Balaban J connectivity index is 1.91. The van der Waals surface area contributed by atoms with Crippen molar-refractivity contribution in [3.8, 4) is 0 Å². The van der Waals surface area contributed by atoms with Gasteiger partial charge in [0.1, 0.15) is 0 Å². The number of hydrogen-bond acceptors (Lipinski definition) is 1. The van der Waals surface area contributed by atoms with Gasteiger partial charge in [0, 0.05) is 17.1 Å². The fourth-order valence-electron chi connectivity index (χ4n) is 2.38.